The predicted octanol–water partition coefficient (Wildman–Crippen LogP) is 1.11. The van der Waals surface area contributed by atoms with Crippen molar-refractivity contribution in [1.29, 1.82) is 0 Å². The summed E-state index contributed by atoms with van der Waals surface area (Å²) in [6.45, 7) is 6.04. The Labute approximate surface area is 79.3 Å². The van der Waals surface area contributed by atoms with Gasteiger partial charge in [-0.1, -0.05) is 18.6 Å². The van der Waals surface area contributed by atoms with Crippen LogP contribution in [0.4, 0.5) is 0 Å². The molecule has 0 radical (unpaired) electrons. The molecule has 0 amide bonds. The van der Waals surface area contributed by atoms with Crippen molar-refractivity contribution in [3.8, 4) is 0 Å². The molecule has 0 aliphatic heterocycles. The van der Waals surface area contributed by atoms with E-state index in [1.807, 2.05) is 11.7 Å². The van der Waals surface area contributed by atoms with Crippen molar-refractivity contribution in [3.05, 3.63) is 11.4 Å². The first kappa shape index (κ1) is 10.2. The van der Waals surface area contributed by atoms with Gasteiger partial charge in [0.15, 0.2) is 0 Å². The molecule has 74 valence electrons. The van der Waals surface area contributed by atoms with Crippen LogP contribution in [0.1, 0.15) is 31.2 Å². The topological polar surface area (TPSA) is 42.7 Å². The van der Waals surface area contributed by atoms with Crippen LogP contribution in [0.5, 0.6) is 0 Å². The Hall–Kier alpha value is -0.900. The van der Waals surface area contributed by atoms with E-state index in [2.05, 4.69) is 29.5 Å². The van der Waals surface area contributed by atoms with Crippen LogP contribution >= 0.6 is 0 Å². The first-order valence-electron chi connectivity index (χ1n) is 4.83. The third kappa shape index (κ3) is 2.52. The van der Waals surface area contributed by atoms with Gasteiger partial charge in [-0.3, -0.25) is 0 Å². The standard InChI is InChI=1S/C9H18N4/c1-4-5-6-13-8(2)9(7-10-3)11-12-13/h10H,4-7H2,1-3H3. The van der Waals surface area contributed by atoms with Crippen LogP contribution in [0.2, 0.25) is 0 Å². The summed E-state index contributed by atoms with van der Waals surface area (Å²) in [5.74, 6) is 0. The lowest BCUT2D eigenvalue weighted by Gasteiger charge is -2.01. The Bertz CT molecular complexity index is 254. The Morgan fingerprint density at radius 1 is 1.46 bits per heavy atom. The molecule has 0 saturated heterocycles. The highest BCUT2D eigenvalue weighted by Crippen LogP contribution is 2.04. The summed E-state index contributed by atoms with van der Waals surface area (Å²) in [4.78, 5) is 0. The van der Waals surface area contributed by atoms with E-state index in [4.69, 9.17) is 0 Å². The van der Waals surface area contributed by atoms with Gasteiger partial charge in [0, 0.05) is 13.1 Å². The molecule has 13 heavy (non-hydrogen) atoms. The van der Waals surface area contributed by atoms with E-state index in [-0.39, 0.29) is 0 Å². The lowest BCUT2D eigenvalue weighted by atomic mass is 10.3. The number of nitrogens with one attached hydrogen (secondary N) is 1. The van der Waals surface area contributed by atoms with E-state index in [9.17, 15) is 0 Å². The Kier molecular flexibility index (Phi) is 3.89. The van der Waals surface area contributed by atoms with Gasteiger partial charge in [0.2, 0.25) is 0 Å². The van der Waals surface area contributed by atoms with Crippen LogP contribution in [0, 0.1) is 6.92 Å². The average molecular weight is 182 g/mol. The molecule has 1 rings (SSSR count). The van der Waals surface area contributed by atoms with Crippen molar-refractivity contribution < 1.29 is 0 Å². The zero-order valence-corrected chi connectivity index (χ0v) is 8.67. The molecule has 4 heteroatoms. The summed E-state index contributed by atoms with van der Waals surface area (Å²) >= 11 is 0. The molecule has 1 aromatic rings. The maximum atomic E-state index is 4.11. The fourth-order valence-corrected chi connectivity index (χ4v) is 1.25. The van der Waals surface area contributed by atoms with Gasteiger partial charge in [0.25, 0.3) is 0 Å². The van der Waals surface area contributed by atoms with Crippen LogP contribution in [0.3, 0.4) is 0 Å². The molecule has 1 heterocycles. The van der Waals surface area contributed by atoms with Gasteiger partial charge >= 0.3 is 0 Å². The minimum atomic E-state index is 0.804. The number of hydrogen-bond acceptors (Lipinski definition) is 3. The summed E-state index contributed by atoms with van der Waals surface area (Å²) in [5.41, 5.74) is 2.24. The van der Waals surface area contributed by atoms with Gasteiger partial charge in [-0.2, -0.15) is 0 Å². The van der Waals surface area contributed by atoms with E-state index < -0.39 is 0 Å². The second-order valence-corrected chi connectivity index (χ2v) is 3.23. The Balaban J connectivity index is 2.62. The van der Waals surface area contributed by atoms with E-state index >= 15 is 0 Å². The molecule has 0 unspecified atom stereocenters. The van der Waals surface area contributed by atoms with E-state index in [1.54, 1.807) is 0 Å². The van der Waals surface area contributed by atoms with Crippen LogP contribution in [0.15, 0.2) is 0 Å². The molecule has 0 atom stereocenters. The fraction of sp³-hybridized carbons (Fsp3) is 0.778. The maximum Gasteiger partial charge on any atom is 0.0993 e. The quantitative estimate of drug-likeness (QED) is 0.741. The van der Waals surface area contributed by atoms with Gasteiger partial charge in [0.05, 0.1) is 11.4 Å². The summed E-state index contributed by atoms with van der Waals surface area (Å²) in [7, 11) is 1.92. The second-order valence-electron chi connectivity index (χ2n) is 3.23. The number of hydrogen-bond donors (Lipinski definition) is 1. The zero-order chi connectivity index (χ0) is 9.68. The van der Waals surface area contributed by atoms with Crippen LogP contribution in [-0.4, -0.2) is 22.0 Å². The maximum absolute atomic E-state index is 4.11. The molecule has 4 nitrogen and oxygen atoms in total. The lowest BCUT2D eigenvalue weighted by Crippen LogP contribution is -2.08. The van der Waals surface area contributed by atoms with Crippen molar-refractivity contribution in [1.82, 2.24) is 20.3 Å². The van der Waals surface area contributed by atoms with Gasteiger partial charge < -0.3 is 5.32 Å². The van der Waals surface area contributed by atoms with Crippen LogP contribution < -0.4 is 5.32 Å². The fourth-order valence-electron chi connectivity index (χ4n) is 1.25. The molecule has 0 aliphatic carbocycles. The Morgan fingerprint density at radius 2 is 2.23 bits per heavy atom. The van der Waals surface area contributed by atoms with Crippen LogP contribution in [-0.2, 0) is 13.1 Å². The minimum absolute atomic E-state index is 0.804. The molecular weight excluding hydrogens is 164 g/mol. The minimum Gasteiger partial charge on any atom is -0.314 e. The van der Waals surface area contributed by atoms with E-state index in [0.717, 1.165) is 18.8 Å². The first-order chi connectivity index (χ1) is 6.29. The van der Waals surface area contributed by atoms with Crippen molar-refractivity contribution >= 4 is 0 Å². The largest absolute Gasteiger partial charge is 0.314 e. The van der Waals surface area contributed by atoms with Gasteiger partial charge in [-0.25, -0.2) is 4.68 Å². The SMILES string of the molecule is CCCCn1nnc(CNC)c1C. The van der Waals surface area contributed by atoms with Gasteiger partial charge in [-0.05, 0) is 20.4 Å². The molecular formula is C9H18N4. The molecule has 0 spiro atoms. The summed E-state index contributed by atoms with van der Waals surface area (Å²) < 4.78 is 1.98. The second kappa shape index (κ2) is 4.97. The molecule has 0 aromatic carbocycles. The van der Waals surface area contributed by atoms with Crippen molar-refractivity contribution in [3.63, 3.8) is 0 Å². The molecule has 1 N–H and O–H groups in total. The van der Waals surface area contributed by atoms with Crippen LogP contribution in [0.25, 0.3) is 0 Å². The summed E-state index contributed by atoms with van der Waals surface area (Å²) in [6.07, 6.45) is 2.36. The first-order valence-corrected chi connectivity index (χ1v) is 4.83. The summed E-state index contributed by atoms with van der Waals surface area (Å²) in [5, 5.41) is 11.3. The van der Waals surface area contributed by atoms with Crippen molar-refractivity contribution in [2.24, 2.45) is 0 Å². The third-order valence-corrected chi connectivity index (χ3v) is 2.15. The van der Waals surface area contributed by atoms with Gasteiger partial charge in [0.1, 0.15) is 0 Å². The number of aromatic nitrogens is 3. The summed E-state index contributed by atoms with van der Waals surface area (Å²) in [6, 6.07) is 0. The van der Waals surface area contributed by atoms with Gasteiger partial charge in [-0.15, -0.1) is 5.10 Å². The molecule has 0 aliphatic rings. The molecule has 0 fully saturated rings. The molecule has 1 aromatic heterocycles. The average Bonchev–Trinajstić information content (AvgIpc) is 2.46. The lowest BCUT2D eigenvalue weighted by molar-refractivity contribution is 0.542. The highest BCUT2D eigenvalue weighted by atomic mass is 15.4. The number of unbranched alkanes of at least 4 members (excludes halogenated alkanes) is 1. The van der Waals surface area contributed by atoms with Crippen molar-refractivity contribution in [2.45, 2.75) is 39.8 Å². The number of aryl methyl sites for hydroxylation is 1. The normalized spacial score (nSPS) is 10.7. The number of rotatable bonds is 5. The van der Waals surface area contributed by atoms with E-state index in [0.29, 0.717) is 0 Å². The predicted molar refractivity (Wildman–Crippen MR) is 52.4 cm³/mol. The third-order valence-electron chi connectivity index (χ3n) is 2.15. The highest BCUT2D eigenvalue weighted by Gasteiger charge is 2.05. The highest BCUT2D eigenvalue weighted by molar-refractivity contribution is 5.07. The van der Waals surface area contributed by atoms with Crippen molar-refractivity contribution in [2.75, 3.05) is 7.05 Å². The monoisotopic (exact) mass is 182 g/mol. The van der Waals surface area contributed by atoms with E-state index in [1.165, 1.54) is 18.5 Å². The number of nitrogens with zero attached hydrogens (tertiary/aromatic N) is 3. The molecule has 0 saturated carbocycles. The smallest absolute Gasteiger partial charge is 0.0993 e. The Morgan fingerprint density at radius 3 is 2.85 bits per heavy atom. The molecule has 0 bridgehead atoms. The zero-order valence-electron chi connectivity index (χ0n) is 8.67.